The molecule has 3 atom stereocenters. The van der Waals surface area contributed by atoms with Crippen molar-refractivity contribution >= 4 is 64.6 Å². The highest BCUT2D eigenvalue weighted by atomic mass is 35.5. The third-order valence-corrected chi connectivity index (χ3v) is 13.3. The lowest BCUT2D eigenvalue weighted by Crippen LogP contribution is -2.55. The van der Waals surface area contributed by atoms with E-state index in [-0.39, 0.29) is 78.6 Å². The van der Waals surface area contributed by atoms with Gasteiger partial charge in [0.1, 0.15) is 18.2 Å². The number of aromatic hydroxyl groups is 1. The molecule has 1 aromatic heterocycles. The SMILES string of the molecule is O=C1CCC(N2C(=O)c3cccc(N4CC[C@H](OCC(=O)N5CCC(NC(=O)c6ccc(-c7ccnc(C(=O)NC8(C(=O)O)Cc9ccc(Cl)cc9C8)c7O)cc6)CC5)C4)c3C2=O)C(=O)N1. The second-order valence-electron chi connectivity index (χ2n) is 17.2. The maximum absolute atomic E-state index is 13.6. The van der Waals surface area contributed by atoms with Gasteiger partial charge in [-0.25, -0.2) is 9.78 Å². The molecule has 5 N–H and O–H groups in total. The molecule has 1 aliphatic carbocycles. The molecule has 3 fully saturated rings. The number of fused-ring (bicyclic) bond motifs is 2. The van der Waals surface area contributed by atoms with E-state index in [1.807, 2.05) is 4.90 Å². The van der Waals surface area contributed by atoms with Crippen molar-refractivity contribution < 1.29 is 53.3 Å². The highest BCUT2D eigenvalue weighted by Gasteiger charge is 2.48. The largest absolute Gasteiger partial charge is 0.505 e. The number of nitrogens with one attached hydrogen (secondary N) is 3. The first-order chi connectivity index (χ1) is 31.7. The summed E-state index contributed by atoms with van der Waals surface area (Å²) in [6.45, 7) is 1.55. The van der Waals surface area contributed by atoms with E-state index in [9.17, 15) is 48.6 Å². The van der Waals surface area contributed by atoms with Crippen molar-refractivity contribution in [2.75, 3.05) is 37.7 Å². The maximum Gasteiger partial charge on any atom is 0.330 e. The second kappa shape index (κ2) is 17.7. The molecule has 3 aromatic carbocycles. The van der Waals surface area contributed by atoms with E-state index in [1.54, 1.807) is 65.6 Å². The van der Waals surface area contributed by atoms with Crippen molar-refractivity contribution in [3.63, 3.8) is 0 Å². The first kappa shape index (κ1) is 44.0. The summed E-state index contributed by atoms with van der Waals surface area (Å²) in [7, 11) is 0. The van der Waals surface area contributed by atoms with Crippen LogP contribution in [0.1, 0.15) is 84.8 Å². The molecule has 2 unspecified atom stereocenters. The number of rotatable bonds is 11. The second-order valence-corrected chi connectivity index (χ2v) is 17.6. The van der Waals surface area contributed by atoms with Crippen LogP contribution in [-0.4, -0.2) is 129 Å². The summed E-state index contributed by atoms with van der Waals surface area (Å²) < 4.78 is 6.03. The molecule has 9 rings (SSSR count). The number of pyridine rings is 1. The van der Waals surface area contributed by atoms with Crippen LogP contribution in [0.3, 0.4) is 0 Å². The molecule has 0 spiro atoms. The van der Waals surface area contributed by atoms with Gasteiger partial charge in [-0.05, 0) is 84.8 Å². The molecule has 5 heterocycles. The summed E-state index contributed by atoms with van der Waals surface area (Å²) >= 11 is 6.11. The van der Waals surface area contributed by atoms with Crippen molar-refractivity contribution in [3.8, 4) is 16.9 Å². The van der Waals surface area contributed by atoms with Crippen LogP contribution in [0.5, 0.6) is 5.75 Å². The van der Waals surface area contributed by atoms with Gasteiger partial charge in [-0.2, -0.15) is 0 Å². The van der Waals surface area contributed by atoms with E-state index in [1.165, 1.54) is 12.3 Å². The third kappa shape index (κ3) is 8.33. The normalized spacial score (nSPS) is 21.7. The van der Waals surface area contributed by atoms with E-state index >= 15 is 0 Å². The first-order valence-corrected chi connectivity index (χ1v) is 22.0. The molecular formula is C47H44ClN7O11. The zero-order valence-corrected chi connectivity index (χ0v) is 36.1. The molecule has 340 valence electrons. The van der Waals surface area contributed by atoms with Gasteiger partial charge in [-0.15, -0.1) is 0 Å². The Balaban J connectivity index is 0.742. The smallest absolute Gasteiger partial charge is 0.330 e. The number of carbonyl (C=O) groups excluding carboxylic acids is 7. The van der Waals surface area contributed by atoms with Gasteiger partial charge < -0.3 is 35.4 Å². The van der Waals surface area contributed by atoms with Crippen LogP contribution in [0.25, 0.3) is 11.1 Å². The van der Waals surface area contributed by atoms with E-state index in [0.29, 0.717) is 72.8 Å². The van der Waals surface area contributed by atoms with Crippen molar-refractivity contribution in [2.45, 2.75) is 68.7 Å². The minimum atomic E-state index is -1.65. The molecule has 66 heavy (non-hydrogen) atoms. The quantitative estimate of drug-likeness (QED) is 0.136. The number of carbonyl (C=O) groups is 8. The fourth-order valence-electron chi connectivity index (χ4n) is 9.53. The van der Waals surface area contributed by atoms with Crippen LogP contribution in [0, 0.1) is 0 Å². The summed E-state index contributed by atoms with van der Waals surface area (Å²) in [4.78, 5) is 112. The molecule has 3 saturated heterocycles. The number of amides is 7. The highest BCUT2D eigenvalue weighted by Crippen LogP contribution is 2.37. The fraction of sp³-hybridized carbons (Fsp3) is 0.340. The van der Waals surface area contributed by atoms with Gasteiger partial charge >= 0.3 is 5.97 Å². The number of benzene rings is 3. The Labute approximate surface area is 382 Å². The Morgan fingerprint density at radius 1 is 0.864 bits per heavy atom. The van der Waals surface area contributed by atoms with Crippen LogP contribution in [-0.2, 0) is 36.8 Å². The predicted octanol–water partition coefficient (Wildman–Crippen LogP) is 2.88. The Hall–Kier alpha value is -7.18. The number of aromatic nitrogens is 1. The van der Waals surface area contributed by atoms with Crippen LogP contribution in [0.4, 0.5) is 5.69 Å². The number of ether oxygens (including phenoxy) is 1. The minimum absolute atomic E-state index is 0.00974. The Morgan fingerprint density at radius 3 is 2.36 bits per heavy atom. The number of imide groups is 2. The summed E-state index contributed by atoms with van der Waals surface area (Å²) in [6, 6.07) is 16.7. The lowest BCUT2D eigenvalue weighted by molar-refractivity contribution is -0.144. The number of nitrogens with zero attached hydrogens (tertiary/aromatic N) is 4. The number of likely N-dealkylation sites (tertiary alicyclic amines) is 1. The molecule has 5 aliphatic rings. The number of carboxylic acids is 1. The van der Waals surface area contributed by atoms with Gasteiger partial charge in [0.2, 0.25) is 17.7 Å². The van der Waals surface area contributed by atoms with Crippen LogP contribution < -0.4 is 20.9 Å². The Kier molecular flexibility index (Phi) is 11.8. The minimum Gasteiger partial charge on any atom is -0.505 e. The monoisotopic (exact) mass is 917 g/mol. The molecule has 4 aliphatic heterocycles. The van der Waals surface area contributed by atoms with E-state index in [0.717, 1.165) is 10.5 Å². The summed E-state index contributed by atoms with van der Waals surface area (Å²) in [5.74, 6) is -5.34. The summed E-state index contributed by atoms with van der Waals surface area (Å²) in [6.07, 6.45) is 2.77. The lowest BCUT2D eigenvalue weighted by atomic mass is 9.95. The molecule has 0 saturated carbocycles. The number of carboxylic acid groups (broad SMARTS) is 1. The average Bonchev–Trinajstić information content (AvgIpc) is 4.00. The first-order valence-electron chi connectivity index (χ1n) is 21.6. The predicted molar refractivity (Wildman–Crippen MR) is 235 cm³/mol. The van der Waals surface area contributed by atoms with Crippen molar-refractivity contribution in [1.29, 1.82) is 0 Å². The molecule has 18 nitrogen and oxygen atoms in total. The highest BCUT2D eigenvalue weighted by molar-refractivity contribution is 6.30. The van der Waals surface area contributed by atoms with Gasteiger partial charge in [-0.1, -0.05) is 35.9 Å². The average molecular weight is 918 g/mol. The zero-order valence-electron chi connectivity index (χ0n) is 35.4. The number of anilines is 1. The zero-order chi connectivity index (χ0) is 46.4. The molecule has 7 amide bonds. The molecule has 0 bridgehead atoms. The van der Waals surface area contributed by atoms with E-state index in [4.69, 9.17) is 16.3 Å². The van der Waals surface area contributed by atoms with Crippen molar-refractivity contribution in [3.05, 3.63) is 111 Å². The number of aliphatic carboxylic acids is 1. The summed E-state index contributed by atoms with van der Waals surface area (Å²) in [5, 5.41) is 29.6. The Bertz CT molecular complexity index is 2720. The number of halogens is 1. The van der Waals surface area contributed by atoms with Crippen LogP contribution in [0.15, 0.2) is 72.9 Å². The van der Waals surface area contributed by atoms with E-state index in [2.05, 4.69) is 20.9 Å². The standard InChI is InChI=1S/C47H44ClN7O11/c48-29-9-8-27-21-47(46(64)65,22-28(27)20-29)52-43(61)39-40(58)32(12-16-49-39)25-4-6-26(7-5-25)41(59)50-30-13-17-53(18-14-30)37(57)24-66-31-15-19-54(23-31)34-3-1-2-33-38(34)45(63)55(44(33)62)35-10-11-36(56)51-42(35)60/h1-9,12,16,20,30-31,35,58H,10-11,13-15,17-19,21-24H2,(H,50,59)(H,52,61)(H,64,65)(H,51,56,60)/t31-,35?,47?/m0/s1. The molecule has 19 heteroatoms. The maximum atomic E-state index is 13.6. The number of piperidine rings is 2. The van der Waals surface area contributed by atoms with Crippen LogP contribution >= 0.6 is 11.6 Å². The van der Waals surface area contributed by atoms with Crippen molar-refractivity contribution in [1.82, 2.24) is 30.7 Å². The fourth-order valence-corrected chi connectivity index (χ4v) is 9.73. The molecule has 4 aromatic rings. The Morgan fingerprint density at radius 2 is 1.62 bits per heavy atom. The summed E-state index contributed by atoms with van der Waals surface area (Å²) in [5.41, 5.74) is 1.49. The van der Waals surface area contributed by atoms with Gasteiger partial charge in [0.15, 0.2) is 11.4 Å². The topological polar surface area (TPSA) is 245 Å². The lowest BCUT2D eigenvalue weighted by Gasteiger charge is -2.32. The van der Waals surface area contributed by atoms with Crippen molar-refractivity contribution in [2.24, 2.45) is 0 Å². The van der Waals surface area contributed by atoms with Gasteiger partial charge in [-0.3, -0.25) is 43.8 Å². The van der Waals surface area contributed by atoms with Gasteiger partial charge in [0, 0.05) is 73.8 Å². The number of hydrogen-bond acceptors (Lipinski definition) is 12. The van der Waals surface area contributed by atoms with Gasteiger partial charge in [0.05, 0.1) is 22.9 Å². The third-order valence-electron chi connectivity index (χ3n) is 13.1. The molecule has 0 radical (unpaired) electrons. The van der Waals surface area contributed by atoms with Gasteiger partial charge in [0.25, 0.3) is 23.6 Å². The van der Waals surface area contributed by atoms with Crippen LogP contribution in [0.2, 0.25) is 5.02 Å². The van der Waals surface area contributed by atoms with E-state index < -0.39 is 52.8 Å². The molecular weight excluding hydrogens is 874 g/mol. The number of hydrogen-bond donors (Lipinski definition) is 5.